The van der Waals surface area contributed by atoms with Crippen LogP contribution in [0.3, 0.4) is 0 Å². The maximum atomic E-state index is 4.37. The number of nitrogens with one attached hydrogen (secondary N) is 1. The molecule has 98 valence electrons. The predicted molar refractivity (Wildman–Crippen MR) is 72.2 cm³/mol. The molecule has 0 amide bonds. The smallest absolute Gasteiger partial charge is 0.0536 e. The quantitative estimate of drug-likeness (QED) is 0.695. The van der Waals surface area contributed by atoms with Gasteiger partial charge in [0, 0.05) is 18.8 Å². The van der Waals surface area contributed by atoms with Gasteiger partial charge in [-0.05, 0) is 39.0 Å². The zero-order valence-electron chi connectivity index (χ0n) is 11.6. The second-order valence-electron chi connectivity index (χ2n) is 5.13. The first-order valence-corrected chi connectivity index (χ1v) is 6.47. The summed E-state index contributed by atoms with van der Waals surface area (Å²) in [7, 11) is 4.17. The SMILES string of the molecule is CC(C)NCCCc1cnn(CCN(C)C)c1. The third-order valence-electron chi connectivity index (χ3n) is 2.66. The van der Waals surface area contributed by atoms with E-state index >= 15 is 0 Å². The fraction of sp³-hybridized carbons (Fsp3) is 0.769. The molecule has 0 aliphatic heterocycles. The number of hydrogen-bond acceptors (Lipinski definition) is 3. The van der Waals surface area contributed by atoms with Gasteiger partial charge in [0.2, 0.25) is 0 Å². The van der Waals surface area contributed by atoms with Crippen LogP contribution in [0, 0.1) is 0 Å². The zero-order valence-corrected chi connectivity index (χ0v) is 11.6. The molecule has 0 bridgehead atoms. The van der Waals surface area contributed by atoms with Crippen molar-refractivity contribution in [1.82, 2.24) is 20.0 Å². The van der Waals surface area contributed by atoms with Crippen molar-refractivity contribution in [3.63, 3.8) is 0 Å². The molecule has 1 aromatic rings. The van der Waals surface area contributed by atoms with Gasteiger partial charge in [-0.25, -0.2) is 0 Å². The van der Waals surface area contributed by atoms with Crippen LogP contribution >= 0.6 is 0 Å². The summed E-state index contributed by atoms with van der Waals surface area (Å²) in [5.74, 6) is 0. The highest BCUT2D eigenvalue weighted by Gasteiger charge is 2.00. The minimum Gasteiger partial charge on any atom is -0.315 e. The molecule has 0 fully saturated rings. The molecule has 0 radical (unpaired) electrons. The average Bonchev–Trinajstić information content (AvgIpc) is 2.69. The van der Waals surface area contributed by atoms with Crippen LogP contribution in [-0.4, -0.2) is 47.9 Å². The molecule has 1 N–H and O–H groups in total. The summed E-state index contributed by atoms with van der Waals surface area (Å²) in [4.78, 5) is 2.17. The molecule has 0 aromatic carbocycles. The van der Waals surface area contributed by atoms with Crippen LogP contribution in [0.4, 0.5) is 0 Å². The lowest BCUT2D eigenvalue weighted by Gasteiger charge is -2.08. The van der Waals surface area contributed by atoms with Gasteiger partial charge in [0.15, 0.2) is 0 Å². The Bertz CT molecular complexity index is 304. The number of hydrogen-bond donors (Lipinski definition) is 1. The summed E-state index contributed by atoms with van der Waals surface area (Å²) in [6.07, 6.45) is 6.45. The topological polar surface area (TPSA) is 33.1 Å². The van der Waals surface area contributed by atoms with Crippen LogP contribution < -0.4 is 5.32 Å². The summed E-state index contributed by atoms with van der Waals surface area (Å²) in [6, 6.07) is 0.581. The van der Waals surface area contributed by atoms with Gasteiger partial charge in [-0.2, -0.15) is 5.10 Å². The molecule has 1 heterocycles. The molecule has 0 spiro atoms. The van der Waals surface area contributed by atoms with Crippen molar-refractivity contribution in [1.29, 1.82) is 0 Å². The van der Waals surface area contributed by atoms with Gasteiger partial charge in [0.1, 0.15) is 0 Å². The first kappa shape index (κ1) is 14.2. The normalized spacial score (nSPS) is 11.6. The van der Waals surface area contributed by atoms with E-state index in [-0.39, 0.29) is 0 Å². The lowest BCUT2D eigenvalue weighted by atomic mass is 10.2. The fourth-order valence-electron chi connectivity index (χ4n) is 1.64. The van der Waals surface area contributed by atoms with Gasteiger partial charge >= 0.3 is 0 Å². The summed E-state index contributed by atoms with van der Waals surface area (Å²) in [6.45, 7) is 7.45. The number of nitrogens with zero attached hydrogens (tertiary/aromatic N) is 3. The fourth-order valence-corrected chi connectivity index (χ4v) is 1.64. The highest BCUT2D eigenvalue weighted by Crippen LogP contribution is 2.01. The van der Waals surface area contributed by atoms with E-state index in [4.69, 9.17) is 0 Å². The van der Waals surface area contributed by atoms with Crippen molar-refractivity contribution < 1.29 is 0 Å². The van der Waals surface area contributed by atoms with Crippen LogP contribution in [0.5, 0.6) is 0 Å². The molecule has 0 saturated heterocycles. The Kier molecular flexibility index (Phi) is 6.22. The summed E-state index contributed by atoms with van der Waals surface area (Å²) in [5, 5.41) is 7.80. The van der Waals surface area contributed by atoms with E-state index in [0.29, 0.717) is 6.04 Å². The van der Waals surface area contributed by atoms with Crippen molar-refractivity contribution in [2.24, 2.45) is 0 Å². The molecule has 1 aromatic heterocycles. The van der Waals surface area contributed by atoms with Crippen LogP contribution in [0.15, 0.2) is 12.4 Å². The molecule has 0 saturated carbocycles. The van der Waals surface area contributed by atoms with E-state index in [9.17, 15) is 0 Å². The maximum Gasteiger partial charge on any atom is 0.0536 e. The van der Waals surface area contributed by atoms with Crippen LogP contribution in [0.1, 0.15) is 25.8 Å². The summed E-state index contributed by atoms with van der Waals surface area (Å²) >= 11 is 0. The van der Waals surface area contributed by atoms with Gasteiger partial charge in [0.05, 0.1) is 12.7 Å². The van der Waals surface area contributed by atoms with Crippen molar-refractivity contribution >= 4 is 0 Å². The predicted octanol–water partition coefficient (Wildman–Crippen LogP) is 1.38. The lowest BCUT2D eigenvalue weighted by Crippen LogP contribution is -2.23. The molecule has 17 heavy (non-hydrogen) atoms. The third kappa shape index (κ3) is 6.44. The number of likely N-dealkylation sites (N-methyl/N-ethyl adjacent to an activating group) is 1. The first-order valence-electron chi connectivity index (χ1n) is 6.47. The van der Waals surface area contributed by atoms with E-state index in [1.165, 1.54) is 12.0 Å². The van der Waals surface area contributed by atoms with Crippen molar-refractivity contribution in [3.8, 4) is 0 Å². The Hall–Kier alpha value is -0.870. The average molecular weight is 238 g/mol. The van der Waals surface area contributed by atoms with E-state index < -0.39 is 0 Å². The Labute approximate surface area is 105 Å². The Morgan fingerprint density at radius 2 is 2.18 bits per heavy atom. The number of aromatic nitrogens is 2. The van der Waals surface area contributed by atoms with E-state index in [1.807, 2.05) is 10.9 Å². The van der Waals surface area contributed by atoms with E-state index in [2.05, 4.69) is 49.5 Å². The molecular formula is C13H26N4. The molecule has 4 heteroatoms. The van der Waals surface area contributed by atoms with Gasteiger partial charge < -0.3 is 10.2 Å². The highest BCUT2D eigenvalue weighted by molar-refractivity contribution is 5.03. The minimum absolute atomic E-state index is 0.581. The Morgan fingerprint density at radius 1 is 1.41 bits per heavy atom. The Morgan fingerprint density at radius 3 is 2.82 bits per heavy atom. The molecule has 4 nitrogen and oxygen atoms in total. The molecule has 0 aliphatic carbocycles. The summed E-state index contributed by atoms with van der Waals surface area (Å²) < 4.78 is 2.03. The monoisotopic (exact) mass is 238 g/mol. The van der Waals surface area contributed by atoms with Crippen molar-refractivity contribution in [2.45, 2.75) is 39.3 Å². The summed E-state index contributed by atoms with van der Waals surface area (Å²) in [5.41, 5.74) is 1.34. The standard InChI is InChI=1S/C13H26N4/c1-12(2)14-7-5-6-13-10-15-17(11-13)9-8-16(3)4/h10-12,14H,5-9H2,1-4H3. The minimum atomic E-state index is 0.581. The van der Waals surface area contributed by atoms with E-state index in [1.54, 1.807) is 0 Å². The van der Waals surface area contributed by atoms with Crippen LogP contribution in [0.25, 0.3) is 0 Å². The second kappa shape index (κ2) is 7.45. The van der Waals surface area contributed by atoms with Crippen molar-refractivity contribution in [3.05, 3.63) is 18.0 Å². The largest absolute Gasteiger partial charge is 0.315 e. The number of rotatable bonds is 8. The zero-order chi connectivity index (χ0) is 12.7. The van der Waals surface area contributed by atoms with Gasteiger partial charge in [-0.3, -0.25) is 4.68 Å². The van der Waals surface area contributed by atoms with Crippen molar-refractivity contribution in [2.75, 3.05) is 27.2 Å². The Balaban J connectivity index is 2.21. The lowest BCUT2D eigenvalue weighted by molar-refractivity contribution is 0.373. The number of aryl methyl sites for hydroxylation is 1. The van der Waals surface area contributed by atoms with Crippen LogP contribution in [-0.2, 0) is 13.0 Å². The first-order chi connectivity index (χ1) is 8.08. The molecule has 0 atom stereocenters. The van der Waals surface area contributed by atoms with E-state index in [0.717, 1.165) is 26.1 Å². The van der Waals surface area contributed by atoms with Gasteiger partial charge in [-0.1, -0.05) is 13.8 Å². The van der Waals surface area contributed by atoms with Gasteiger partial charge in [0.25, 0.3) is 0 Å². The maximum absolute atomic E-state index is 4.37. The second-order valence-corrected chi connectivity index (χ2v) is 5.13. The third-order valence-corrected chi connectivity index (χ3v) is 2.66. The molecule has 0 unspecified atom stereocenters. The van der Waals surface area contributed by atoms with Crippen LogP contribution in [0.2, 0.25) is 0 Å². The molecular weight excluding hydrogens is 212 g/mol. The van der Waals surface area contributed by atoms with Gasteiger partial charge in [-0.15, -0.1) is 0 Å². The highest BCUT2D eigenvalue weighted by atomic mass is 15.3. The molecule has 1 rings (SSSR count). The molecule has 0 aliphatic rings.